The maximum atomic E-state index is 6.50. The van der Waals surface area contributed by atoms with E-state index in [1.165, 1.54) is 15.5 Å². The van der Waals surface area contributed by atoms with E-state index in [0.29, 0.717) is 0 Å². The number of aromatic nitrogens is 1. The lowest BCUT2D eigenvalue weighted by atomic mass is 10.1. The SMILES string of the molecule is C#N.c1ccc2c(c1)ccc1scnc12. The van der Waals surface area contributed by atoms with Crippen molar-refractivity contribution in [3.05, 3.63) is 41.9 Å². The number of rotatable bonds is 0. The number of benzene rings is 2. The fraction of sp³-hybridized carbons (Fsp3) is 0. The van der Waals surface area contributed by atoms with Crippen molar-refractivity contribution in [1.82, 2.24) is 4.98 Å². The third-order valence-electron chi connectivity index (χ3n) is 2.23. The molecule has 0 bridgehead atoms. The second-order valence-electron chi connectivity index (χ2n) is 2.99. The lowest BCUT2D eigenvalue weighted by molar-refractivity contribution is 1.52. The van der Waals surface area contributed by atoms with Crippen molar-refractivity contribution < 1.29 is 0 Å². The van der Waals surface area contributed by atoms with E-state index in [9.17, 15) is 0 Å². The van der Waals surface area contributed by atoms with Crippen LogP contribution in [0.3, 0.4) is 0 Å². The van der Waals surface area contributed by atoms with E-state index in [-0.39, 0.29) is 0 Å². The summed E-state index contributed by atoms with van der Waals surface area (Å²) in [5, 5.41) is 9.02. The molecule has 1 heterocycles. The van der Waals surface area contributed by atoms with Gasteiger partial charge in [-0.05, 0) is 11.5 Å². The van der Waals surface area contributed by atoms with Gasteiger partial charge in [0.25, 0.3) is 0 Å². The van der Waals surface area contributed by atoms with Crippen LogP contribution in [0, 0.1) is 11.8 Å². The molecule has 0 radical (unpaired) electrons. The fourth-order valence-electron chi connectivity index (χ4n) is 1.60. The molecule has 72 valence electrons. The van der Waals surface area contributed by atoms with Crippen molar-refractivity contribution in [2.75, 3.05) is 0 Å². The highest BCUT2D eigenvalue weighted by Gasteiger charge is 2.00. The molecule has 2 aromatic carbocycles. The molecule has 2 nitrogen and oxygen atoms in total. The van der Waals surface area contributed by atoms with Crippen molar-refractivity contribution in [2.45, 2.75) is 0 Å². The quantitative estimate of drug-likeness (QED) is 0.571. The van der Waals surface area contributed by atoms with Gasteiger partial charge >= 0.3 is 0 Å². The standard InChI is InChI=1S/C11H7NS.CHN/c1-2-4-9-8(3-1)5-6-10-11(9)12-7-13-10;1-2/h1-7H;1H. The van der Waals surface area contributed by atoms with E-state index in [1.807, 2.05) is 5.51 Å². The van der Waals surface area contributed by atoms with Crippen LogP contribution in [0.1, 0.15) is 0 Å². The van der Waals surface area contributed by atoms with Gasteiger partial charge in [-0.15, -0.1) is 11.3 Å². The topological polar surface area (TPSA) is 36.7 Å². The fourth-order valence-corrected chi connectivity index (χ4v) is 2.29. The van der Waals surface area contributed by atoms with Gasteiger partial charge in [0, 0.05) is 12.0 Å². The predicted molar refractivity (Wildman–Crippen MR) is 63.8 cm³/mol. The largest absolute Gasteiger partial charge is 0.244 e. The molecule has 0 amide bonds. The summed E-state index contributed by atoms with van der Waals surface area (Å²) >= 11 is 1.69. The molecule has 0 spiro atoms. The Morgan fingerprint density at radius 3 is 2.73 bits per heavy atom. The zero-order valence-corrected chi connectivity index (χ0v) is 8.74. The molecule has 3 rings (SSSR count). The van der Waals surface area contributed by atoms with Gasteiger partial charge in [0.2, 0.25) is 0 Å². The van der Waals surface area contributed by atoms with Crippen LogP contribution in [0.2, 0.25) is 0 Å². The summed E-state index contributed by atoms with van der Waals surface area (Å²) in [5.41, 5.74) is 3.03. The molecule has 3 aromatic rings. The average molecular weight is 212 g/mol. The Hall–Kier alpha value is -1.92. The molecule has 0 fully saturated rings. The van der Waals surface area contributed by atoms with E-state index in [1.54, 1.807) is 11.3 Å². The molecule has 0 N–H and O–H groups in total. The second-order valence-corrected chi connectivity index (χ2v) is 3.87. The molecule has 0 aliphatic carbocycles. The highest BCUT2D eigenvalue weighted by atomic mass is 32.1. The maximum absolute atomic E-state index is 6.50. The summed E-state index contributed by atoms with van der Waals surface area (Å²) in [7, 11) is 0. The lowest BCUT2D eigenvalue weighted by Crippen LogP contribution is -1.73. The summed E-state index contributed by atoms with van der Waals surface area (Å²) in [4.78, 5) is 4.37. The number of hydrogen-bond acceptors (Lipinski definition) is 3. The Kier molecular flexibility index (Phi) is 2.61. The van der Waals surface area contributed by atoms with E-state index in [2.05, 4.69) is 48.0 Å². The van der Waals surface area contributed by atoms with Crippen molar-refractivity contribution in [2.24, 2.45) is 0 Å². The summed E-state index contributed by atoms with van der Waals surface area (Å²) in [6.45, 7) is 3.50. The number of fused-ring (bicyclic) bond motifs is 3. The van der Waals surface area contributed by atoms with Gasteiger partial charge in [-0.1, -0.05) is 30.3 Å². The van der Waals surface area contributed by atoms with Gasteiger partial charge in [-0.25, -0.2) is 10.2 Å². The highest BCUT2D eigenvalue weighted by Crippen LogP contribution is 2.26. The van der Waals surface area contributed by atoms with E-state index in [0.717, 1.165) is 5.52 Å². The number of nitriles is 1. The normalized spacial score (nSPS) is 9.73. The monoisotopic (exact) mass is 212 g/mol. The molecule has 15 heavy (non-hydrogen) atoms. The van der Waals surface area contributed by atoms with Crippen LogP contribution in [0.5, 0.6) is 0 Å². The Morgan fingerprint density at radius 1 is 1.07 bits per heavy atom. The van der Waals surface area contributed by atoms with Crippen molar-refractivity contribution in [3.63, 3.8) is 0 Å². The van der Waals surface area contributed by atoms with Gasteiger partial charge in [0.05, 0.1) is 15.7 Å². The molecule has 0 unspecified atom stereocenters. The average Bonchev–Trinajstić information content (AvgIpc) is 2.80. The number of nitrogens with zero attached hydrogens (tertiary/aromatic N) is 2. The van der Waals surface area contributed by atoms with Gasteiger partial charge in [-0.3, -0.25) is 0 Å². The van der Waals surface area contributed by atoms with Crippen LogP contribution in [0.15, 0.2) is 41.9 Å². The minimum absolute atomic E-state index is 1.13. The van der Waals surface area contributed by atoms with E-state index >= 15 is 0 Å². The predicted octanol–water partition coefficient (Wildman–Crippen LogP) is 3.59. The van der Waals surface area contributed by atoms with Gasteiger partial charge in [-0.2, -0.15) is 0 Å². The second kappa shape index (κ2) is 4.07. The zero-order chi connectivity index (χ0) is 10.7. The molecule has 0 atom stereocenters. The Balaban J connectivity index is 0.000000404. The zero-order valence-electron chi connectivity index (χ0n) is 7.92. The van der Waals surface area contributed by atoms with Gasteiger partial charge < -0.3 is 0 Å². The first-order chi connectivity index (χ1) is 7.45. The van der Waals surface area contributed by atoms with Crippen molar-refractivity contribution >= 4 is 32.3 Å². The summed E-state index contributed by atoms with van der Waals surface area (Å²) in [6, 6.07) is 12.6. The third kappa shape index (κ3) is 1.56. The highest BCUT2D eigenvalue weighted by molar-refractivity contribution is 7.16. The van der Waals surface area contributed by atoms with Gasteiger partial charge in [0.1, 0.15) is 0 Å². The molecule has 3 heteroatoms. The smallest absolute Gasteiger partial charge is 0.0890 e. The lowest BCUT2D eigenvalue weighted by Gasteiger charge is -1.96. The molecule has 0 saturated carbocycles. The van der Waals surface area contributed by atoms with Crippen LogP contribution in [0.25, 0.3) is 21.0 Å². The maximum Gasteiger partial charge on any atom is 0.0890 e. The Morgan fingerprint density at radius 2 is 1.87 bits per heavy atom. The van der Waals surface area contributed by atoms with Crippen LogP contribution >= 0.6 is 11.3 Å². The summed E-state index contributed by atoms with van der Waals surface area (Å²) < 4.78 is 1.26. The minimum atomic E-state index is 1.13. The van der Waals surface area contributed by atoms with Crippen LogP contribution < -0.4 is 0 Å². The number of hydrogen-bond donors (Lipinski definition) is 0. The first-order valence-electron chi connectivity index (χ1n) is 4.42. The molecule has 0 aliphatic rings. The summed E-state index contributed by atoms with van der Waals surface area (Å²) in [5.74, 6) is 0. The Labute approximate surface area is 91.4 Å². The van der Waals surface area contributed by atoms with Crippen LogP contribution in [-0.4, -0.2) is 4.98 Å². The van der Waals surface area contributed by atoms with Crippen molar-refractivity contribution in [1.29, 1.82) is 5.26 Å². The molecular weight excluding hydrogens is 204 g/mol. The summed E-state index contributed by atoms with van der Waals surface area (Å²) in [6.07, 6.45) is 0. The molecular formula is C12H8N2S. The van der Waals surface area contributed by atoms with Crippen molar-refractivity contribution in [3.8, 4) is 6.57 Å². The van der Waals surface area contributed by atoms with Gasteiger partial charge in [0.15, 0.2) is 0 Å². The number of thiazole rings is 1. The van der Waals surface area contributed by atoms with E-state index in [4.69, 9.17) is 5.26 Å². The molecule has 1 aromatic heterocycles. The third-order valence-corrected chi connectivity index (χ3v) is 3.02. The molecule has 0 aliphatic heterocycles. The molecule has 0 saturated heterocycles. The first kappa shape index (κ1) is 9.63. The van der Waals surface area contributed by atoms with E-state index < -0.39 is 0 Å². The Bertz CT molecular complexity index is 610. The minimum Gasteiger partial charge on any atom is -0.244 e. The van der Waals surface area contributed by atoms with Crippen LogP contribution in [-0.2, 0) is 0 Å². The first-order valence-corrected chi connectivity index (χ1v) is 5.30. The van der Waals surface area contributed by atoms with Crippen LogP contribution in [0.4, 0.5) is 0 Å².